The van der Waals surface area contributed by atoms with E-state index in [1.165, 1.54) is 6.21 Å². The summed E-state index contributed by atoms with van der Waals surface area (Å²) in [5.41, 5.74) is 3.17. The van der Waals surface area contributed by atoms with Crippen LogP contribution in [0.15, 0.2) is 47.6 Å². The molecule has 0 heterocycles. The molecule has 2 aromatic rings. The number of hydrogen-bond donors (Lipinski definition) is 2. The van der Waals surface area contributed by atoms with Crippen LogP contribution < -0.4 is 25.0 Å². The van der Waals surface area contributed by atoms with Crippen LogP contribution in [0.25, 0.3) is 0 Å². The van der Waals surface area contributed by atoms with Gasteiger partial charge in [0.1, 0.15) is 11.8 Å². The largest absolute Gasteiger partial charge is 0.493 e. The standard InChI is InChI=1S/C25H32ClN3O5/c1-5-13-33-24-18(7-6-8-22(24)32-4)15-27-29-25(31)21(14-17(2)3)28-23(30)16-34-20-11-9-19(26)10-12-20/h6-12,15,17,21H,5,13-14,16H2,1-4H3,(H,28,30)(H,29,31)/b27-15-/t21-/m0/s1. The summed E-state index contributed by atoms with van der Waals surface area (Å²) in [6.45, 7) is 6.23. The average molecular weight is 490 g/mol. The number of nitrogens with one attached hydrogen (secondary N) is 2. The molecule has 2 N–H and O–H groups in total. The van der Waals surface area contributed by atoms with Crippen molar-refractivity contribution >= 4 is 29.6 Å². The molecule has 184 valence electrons. The predicted octanol–water partition coefficient (Wildman–Crippen LogP) is 4.20. The quantitative estimate of drug-likeness (QED) is 0.324. The van der Waals surface area contributed by atoms with Gasteiger partial charge in [0.15, 0.2) is 18.1 Å². The molecule has 0 aromatic heterocycles. The number of amides is 2. The SMILES string of the molecule is CCCOc1c(/C=N\NC(=O)[C@H](CC(C)C)NC(=O)COc2ccc(Cl)cc2)cccc1OC. The zero-order chi connectivity index (χ0) is 24.9. The second-order valence-electron chi connectivity index (χ2n) is 7.95. The summed E-state index contributed by atoms with van der Waals surface area (Å²) in [6, 6.07) is 11.3. The van der Waals surface area contributed by atoms with Crippen molar-refractivity contribution in [1.29, 1.82) is 0 Å². The highest BCUT2D eigenvalue weighted by molar-refractivity contribution is 6.30. The van der Waals surface area contributed by atoms with Gasteiger partial charge in [-0.1, -0.05) is 38.4 Å². The number of para-hydroxylation sites is 1. The van der Waals surface area contributed by atoms with Crippen molar-refractivity contribution in [3.63, 3.8) is 0 Å². The summed E-state index contributed by atoms with van der Waals surface area (Å²) in [6.07, 6.45) is 2.77. The number of benzene rings is 2. The van der Waals surface area contributed by atoms with E-state index in [0.29, 0.717) is 40.9 Å². The molecule has 8 nitrogen and oxygen atoms in total. The van der Waals surface area contributed by atoms with E-state index in [4.69, 9.17) is 25.8 Å². The molecule has 0 aliphatic heterocycles. The fourth-order valence-corrected chi connectivity index (χ4v) is 3.14. The summed E-state index contributed by atoms with van der Waals surface area (Å²) in [5.74, 6) is 0.968. The predicted molar refractivity (Wildman–Crippen MR) is 133 cm³/mol. The van der Waals surface area contributed by atoms with Gasteiger partial charge in [-0.15, -0.1) is 0 Å². The number of hydrazone groups is 1. The number of halogens is 1. The molecule has 0 bridgehead atoms. The molecule has 1 atom stereocenters. The molecule has 0 radical (unpaired) electrons. The van der Waals surface area contributed by atoms with E-state index in [9.17, 15) is 9.59 Å². The average Bonchev–Trinajstić information content (AvgIpc) is 2.81. The molecule has 0 saturated carbocycles. The number of carbonyl (C=O) groups excluding carboxylic acids is 2. The maximum absolute atomic E-state index is 12.7. The van der Waals surface area contributed by atoms with Crippen molar-refractivity contribution in [1.82, 2.24) is 10.7 Å². The van der Waals surface area contributed by atoms with E-state index >= 15 is 0 Å². The number of rotatable bonds is 13. The normalized spacial score (nSPS) is 11.8. The maximum atomic E-state index is 12.7. The van der Waals surface area contributed by atoms with Crippen LogP contribution in [0.1, 0.15) is 39.2 Å². The van der Waals surface area contributed by atoms with Crippen molar-refractivity contribution in [3.05, 3.63) is 53.1 Å². The van der Waals surface area contributed by atoms with E-state index in [2.05, 4.69) is 15.8 Å². The molecule has 0 aliphatic rings. The summed E-state index contributed by atoms with van der Waals surface area (Å²) >= 11 is 5.85. The lowest BCUT2D eigenvalue weighted by atomic mass is 10.0. The van der Waals surface area contributed by atoms with E-state index in [1.807, 2.05) is 32.9 Å². The summed E-state index contributed by atoms with van der Waals surface area (Å²) < 4.78 is 16.6. The zero-order valence-corrected chi connectivity index (χ0v) is 20.7. The highest BCUT2D eigenvalue weighted by atomic mass is 35.5. The van der Waals surface area contributed by atoms with Crippen LogP contribution >= 0.6 is 11.6 Å². The highest BCUT2D eigenvalue weighted by Gasteiger charge is 2.22. The van der Waals surface area contributed by atoms with Crippen LogP contribution in [0.2, 0.25) is 5.02 Å². The Labute approximate surface area is 205 Å². The van der Waals surface area contributed by atoms with Crippen molar-refractivity contribution in [3.8, 4) is 17.2 Å². The molecule has 0 aliphatic carbocycles. The fourth-order valence-electron chi connectivity index (χ4n) is 3.02. The van der Waals surface area contributed by atoms with Gasteiger partial charge in [-0.2, -0.15) is 5.10 Å². The molecule has 0 spiro atoms. The van der Waals surface area contributed by atoms with Gasteiger partial charge in [0, 0.05) is 10.6 Å². The van der Waals surface area contributed by atoms with Gasteiger partial charge in [-0.25, -0.2) is 5.43 Å². The molecular formula is C25H32ClN3O5. The third-order valence-corrected chi connectivity index (χ3v) is 4.85. The second kappa shape index (κ2) is 14.1. The van der Waals surface area contributed by atoms with Gasteiger partial charge in [0.2, 0.25) is 0 Å². The number of nitrogens with zero attached hydrogens (tertiary/aromatic N) is 1. The number of hydrogen-bond acceptors (Lipinski definition) is 6. The molecule has 0 saturated heterocycles. The summed E-state index contributed by atoms with van der Waals surface area (Å²) in [7, 11) is 1.56. The Kier molecular flexibility index (Phi) is 11.2. The van der Waals surface area contributed by atoms with Crippen LogP contribution in [0, 0.1) is 5.92 Å². The van der Waals surface area contributed by atoms with Crippen molar-refractivity contribution in [2.24, 2.45) is 11.0 Å². The van der Waals surface area contributed by atoms with Gasteiger partial charge in [-0.3, -0.25) is 9.59 Å². The first-order valence-electron chi connectivity index (χ1n) is 11.1. The van der Waals surface area contributed by atoms with E-state index in [-0.39, 0.29) is 12.5 Å². The van der Waals surface area contributed by atoms with Crippen LogP contribution in [-0.4, -0.2) is 44.4 Å². The van der Waals surface area contributed by atoms with Crippen molar-refractivity contribution < 1.29 is 23.8 Å². The smallest absolute Gasteiger partial charge is 0.262 e. The first-order chi connectivity index (χ1) is 16.3. The topological polar surface area (TPSA) is 98.2 Å². The maximum Gasteiger partial charge on any atom is 0.262 e. The fraction of sp³-hybridized carbons (Fsp3) is 0.400. The Morgan fingerprint density at radius 3 is 2.50 bits per heavy atom. The lowest BCUT2D eigenvalue weighted by Gasteiger charge is -2.19. The Morgan fingerprint density at radius 1 is 1.12 bits per heavy atom. The minimum absolute atomic E-state index is 0.171. The van der Waals surface area contributed by atoms with E-state index < -0.39 is 17.9 Å². The Morgan fingerprint density at radius 2 is 1.85 bits per heavy atom. The molecule has 0 unspecified atom stereocenters. The number of methoxy groups -OCH3 is 1. The minimum Gasteiger partial charge on any atom is -0.493 e. The molecule has 2 amide bonds. The van der Waals surface area contributed by atoms with Gasteiger partial charge in [0.05, 0.1) is 19.9 Å². The molecule has 34 heavy (non-hydrogen) atoms. The number of carbonyl (C=O) groups is 2. The van der Waals surface area contributed by atoms with Gasteiger partial charge < -0.3 is 19.5 Å². The second-order valence-corrected chi connectivity index (χ2v) is 8.39. The van der Waals surface area contributed by atoms with Gasteiger partial charge >= 0.3 is 0 Å². The van der Waals surface area contributed by atoms with E-state index in [0.717, 1.165) is 6.42 Å². The zero-order valence-electron chi connectivity index (χ0n) is 20.0. The minimum atomic E-state index is -0.764. The Balaban J connectivity index is 2.00. The highest BCUT2D eigenvalue weighted by Crippen LogP contribution is 2.30. The summed E-state index contributed by atoms with van der Waals surface area (Å²) in [4.78, 5) is 25.1. The van der Waals surface area contributed by atoms with Gasteiger partial charge in [-0.05, 0) is 55.2 Å². The first-order valence-corrected chi connectivity index (χ1v) is 11.5. The van der Waals surface area contributed by atoms with E-state index in [1.54, 1.807) is 37.4 Å². The molecule has 2 rings (SSSR count). The van der Waals surface area contributed by atoms with Crippen molar-refractivity contribution in [2.45, 2.75) is 39.7 Å². The summed E-state index contributed by atoms with van der Waals surface area (Å²) in [5, 5.41) is 7.36. The Bertz CT molecular complexity index is 964. The molecule has 9 heteroatoms. The molecule has 2 aromatic carbocycles. The monoisotopic (exact) mass is 489 g/mol. The van der Waals surface area contributed by atoms with Crippen LogP contribution in [-0.2, 0) is 9.59 Å². The van der Waals surface area contributed by atoms with Crippen LogP contribution in [0.5, 0.6) is 17.2 Å². The van der Waals surface area contributed by atoms with Crippen molar-refractivity contribution in [2.75, 3.05) is 20.3 Å². The molecule has 0 fully saturated rings. The Hall–Kier alpha value is -3.26. The van der Waals surface area contributed by atoms with Gasteiger partial charge in [0.25, 0.3) is 11.8 Å². The first kappa shape index (κ1) is 27.0. The number of ether oxygens (including phenoxy) is 3. The third-order valence-electron chi connectivity index (χ3n) is 4.60. The lowest BCUT2D eigenvalue weighted by molar-refractivity contribution is -0.130. The molecular weight excluding hydrogens is 458 g/mol. The van der Waals surface area contributed by atoms with Crippen LogP contribution in [0.4, 0.5) is 0 Å². The lowest BCUT2D eigenvalue weighted by Crippen LogP contribution is -2.47. The third kappa shape index (κ3) is 8.94. The van der Waals surface area contributed by atoms with Crippen LogP contribution in [0.3, 0.4) is 0 Å².